The fourth-order valence-electron chi connectivity index (χ4n) is 1.95. The van der Waals surface area contributed by atoms with Gasteiger partial charge in [0.1, 0.15) is 10.7 Å². The van der Waals surface area contributed by atoms with Crippen LogP contribution in [0.1, 0.15) is 34.8 Å². The molecule has 0 radical (unpaired) electrons. The molecule has 148 valence electrons. The van der Waals surface area contributed by atoms with E-state index in [4.69, 9.17) is 37.1 Å². The molecule has 0 aliphatic heterocycles. The van der Waals surface area contributed by atoms with Gasteiger partial charge in [0.2, 0.25) is 5.71 Å². The highest BCUT2D eigenvalue weighted by Crippen LogP contribution is 2.32. The predicted molar refractivity (Wildman–Crippen MR) is 99.6 cm³/mol. The summed E-state index contributed by atoms with van der Waals surface area (Å²) in [5.41, 5.74) is 0.349. The van der Waals surface area contributed by atoms with Crippen LogP contribution in [0.25, 0.3) is 11.1 Å². The van der Waals surface area contributed by atoms with Crippen LogP contribution in [0.5, 0.6) is 5.75 Å². The molecule has 0 spiro atoms. The van der Waals surface area contributed by atoms with Crippen molar-refractivity contribution < 1.29 is 28.6 Å². The Balaban J connectivity index is 0.000000209. The fourth-order valence-corrected chi connectivity index (χ4v) is 2.28. The molecule has 0 saturated carbocycles. The number of esters is 2. The van der Waals surface area contributed by atoms with Crippen LogP contribution in [0, 0.1) is 0 Å². The molecule has 1 N–H and O–H groups in total. The summed E-state index contributed by atoms with van der Waals surface area (Å²) in [6.07, 6.45) is 1.39. The minimum absolute atomic E-state index is 0.0657. The lowest BCUT2D eigenvalue weighted by Gasteiger charge is -2.00. The third-order valence-electron chi connectivity index (χ3n) is 3.13. The third kappa shape index (κ3) is 5.08. The van der Waals surface area contributed by atoms with Gasteiger partial charge in [-0.3, -0.25) is 0 Å². The van der Waals surface area contributed by atoms with E-state index in [0.717, 1.165) is 0 Å². The van der Waals surface area contributed by atoms with Crippen LogP contribution in [-0.4, -0.2) is 45.4 Å². The normalized spacial score (nSPS) is 10.1. The first kappa shape index (κ1) is 21.4. The van der Waals surface area contributed by atoms with Crippen LogP contribution < -0.4 is 0 Å². The molecule has 0 saturated heterocycles. The Hall–Kier alpha value is -2.91. The molecule has 0 bridgehead atoms. The molecule has 0 aliphatic carbocycles. The maximum absolute atomic E-state index is 11.4. The molecule has 9 nitrogen and oxygen atoms in total. The van der Waals surface area contributed by atoms with E-state index in [9.17, 15) is 14.7 Å². The molecule has 0 aromatic carbocycles. The van der Waals surface area contributed by atoms with Gasteiger partial charge in [-0.05, 0) is 32.0 Å². The first-order valence-corrected chi connectivity index (χ1v) is 8.74. The molecule has 0 atom stereocenters. The maximum atomic E-state index is 11.4. The van der Waals surface area contributed by atoms with E-state index >= 15 is 0 Å². The van der Waals surface area contributed by atoms with Crippen LogP contribution in [0.15, 0.2) is 28.8 Å². The Morgan fingerprint density at radius 2 is 1.79 bits per heavy atom. The van der Waals surface area contributed by atoms with Crippen molar-refractivity contribution in [2.45, 2.75) is 13.8 Å². The maximum Gasteiger partial charge on any atom is 0.378 e. The van der Waals surface area contributed by atoms with E-state index in [1.165, 1.54) is 24.4 Å². The molecule has 0 unspecified atom stereocenters. The SMILES string of the molecule is CCOC(=O)c1ccnnc1Cl.CCOC(=O)c1oc2nc(Cl)ccc2c1O. The van der Waals surface area contributed by atoms with Gasteiger partial charge in [0, 0.05) is 0 Å². The lowest BCUT2D eigenvalue weighted by molar-refractivity contribution is 0.0485. The second kappa shape index (κ2) is 9.86. The number of furan rings is 1. The van der Waals surface area contributed by atoms with Gasteiger partial charge in [0.15, 0.2) is 10.9 Å². The number of ether oxygens (including phenoxy) is 2. The number of pyridine rings is 1. The first-order chi connectivity index (χ1) is 13.4. The van der Waals surface area contributed by atoms with Crippen molar-refractivity contribution in [3.05, 3.63) is 46.0 Å². The van der Waals surface area contributed by atoms with E-state index in [1.54, 1.807) is 13.8 Å². The van der Waals surface area contributed by atoms with Crippen LogP contribution >= 0.6 is 23.2 Å². The highest BCUT2D eigenvalue weighted by molar-refractivity contribution is 6.32. The number of hydrogen-bond donors (Lipinski definition) is 1. The standard InChI is InChI=1S/C10H8ClNO4.C7H7ClN2O2/c1-2-15-10(14)8-7(13)5-3-4-6(11)12-9(5)16-8;1-2-12-7(11)5-3-4-9-10-6(5)8/h3-4,13H,2H2,1H3;3-4H,2H2,1H3. The van der Waals surface area contributed by atoms with Crippen molar-refractivity contribution in [1.82, 2.24) is 15.2 Å². The van der Waals surface area contributed by atoms with Crippen molar-refractivity contribution in [3.8, 4) is 5.75 Å². The Morgan fingerprint density at radius 3 is 2.43 bits per heavy atom. The Labute approximate surface area is 169 Å². The average Bonchev–Trinajstić information content (AvgIpc) is 2.99. The minimum atomic E-state index is -0.728. The van der Waals surface area contributed by atoms with Gasteiger partial charge in [-0.25, -0.2) is 14.6 Å². The zero-order chi connectivity index (χ0) is 20.7. The van der Waals surface area contributed by atoms with Crippen LogP contribution in [-0.2, 0) is 9.47 Å². The first-order valence-electron chi connectivity index (χ1n) is 7.98. The van der Waals surface area contributed by atoms with Crippen molar-refractivity contribution in [3.63, 3.8) is 0 Å². The molecule has 28 heavy (non-hydrogen) atoms. The quantitative estimate of drug-likeness (QED) is 0.489. The van der Waals surface area contributed by atoms with Crippen molar-refractivity contribution in [1.29, 1.82) is 0 Å². The van der Waals surface area contributed by atoms with Crippen LogP contribution in [0.2, 0.25) is 10.3 Å². The molecular weight excluding hydrogens is 413 g/mol. The Bertz CT molecular complexity index is 992. The lowest BCUT2D eigenvalue weighted by atomic mass is 10.3. The van der Waals surface area contributed by atoms with E-state index in [-0.39, 0.29) is 39.7 Å². The number of carbonyl (C=O) groups is 2. The molecule has 0 amide bonds. The zero-order valence-electron chi connectivity index (χ0n) is 14.8. The van der Waals surface area contributed by atoms with Gasteiger partial charge in [0.05, 0.1) is 24.8 Å². The van der Waals surface area contributed by atoms with E-state index in [2.05, 4.69) is 15.2 Å². The van der Waals surface area contributed by atoms with E-state index in [0.29, 0.717) is 12.0 Å². The molecule has 0 aliphatic rings. The van der Waals surface area contributed by atoms with Crippen molar-refractivity contribution in [2.24, 2.45) is 0 Å². The summed E-state index contributed by atoms with van der Waals surface area (Å²) >= 11 is 11.2. The number of carbonyl (C=O) groups excluding carboxylic acids is 2. The molecule has 3 rings (SSSR count). The predicted octanol–water partition coefficient (Wildman–Crippen LogP) is 3.67. The van der Waals surface area contributed by atoms with Gasteiger partial charge >= 0.3 is 11.9 Å². The molecule has 3 aromatic heterocycles. The summed E-state index contributed by atoms with van der Waals surface area (Å²) in [6.45, 7) is 3.90. The van der Waals surface area contributed by atoms with E-state index < -0.39 is 11.9 Å². The second-order valence-electron chi connectivity index (χ2n) is 4.94. The number of aromatic hydroxyl groups is 1. The summed E-state index contributed by atoms with van der Waals surface area (Å²) in [5.74, 6) is -1.74. The van der Waals surface area contributed by atoms with Gasteiger partial charge in [-0.1, -0.05) is 23.2 Å². The van der Waals surface area contributed by atoms with Gasteiger partial charge < -0.3 is 19.0 Å². The summed E-state index contributed by atoms with van der Waals surface area (Å²) in [4.78, 5) is 26.3. The highest BCUT2D eigenvalue weighted by atomic mass is 35.5. The summed E-state index contributed by atoms with van der Waals surface area (Å²) in [7, 11) is 0. The third-order valence-corrected chi connectivity index (χ3v) is 3.62. The summed E-state index contributed by atoms with van der Waals surface area (Å²) in [6, 6.07) is 4.48. The topological polar surface area (TPSA) is 125 Å². The van der Waals surface area contributed by atoms with Crippen LogP contribution in [0.4, 0.5) is 0 Å². The van der Waals surface area contributed by atoms with E-state index in [1.807, 2.05) is 0 Å². The molecule has 3 heterocycles. The number of hydrogen-bond acceptors (Lipinski definition) is 9. The molecule has 3 aromatic rings. The van der Waals surface area contributed by atoms with Gasteiger partial charge in [-0.15, -0.1) is 5.10 Å². The van der Waals surface area contributed by atoms with Gasteiger partial charge in [-0.2, -0.15) is 5.10 Å². The number of fused-ring (bicyclic) bond motifs is 1. The highest BCUT2D eigenvalue weighted by Gasteiger charge is 2.22. The number of nitrogens with zero attached hydrogens (tertiary/aromatic N) is 3. The molecular formula is C17H15Cl2N3O6. The van der Waals surface area contributed by atoms with Gasteiger partial charge in [0.25, 0.3) is 5.76 Å². The fraction of sp³-hybridized carbons (Fsp3) is 0.235. The number of rotatable bonds is 4. The number of aromatic nitrogens is 3. The van der Waals surface area contributed by atoms with Crippen molar-refractivity contribution in [2.75, 3.05) is 13.2 Å². The summed E-state index contributed by atoms with van der Waals surface area (Å²) < 4.78 is 14.5. The lowest BCUT2D eigenvalue weighted by Crippen LogP contribution is -2.06. The largest absolute Gasteiger partial charge is 0.503 e. The average molecular weight is 428 g/mol. The smallest absolute Gasteiger partial charge is 0.378 e. The minimum Gasteiger partial charge on any atom is -0.503 e. The second-order valence-corrected chi connectivity index (χ2v) is 5.69. The van der Waals surface area contributed by atoms with Crippen LogP contribution in [0.3, 0.4) is 0 Å². The molecule has 11 heteroatoms. The molecule has 0 fully saturated rings. The monoisotopic (exact) mass is 427 g/mol. The Morgan fingerprint density at radius 1 is 1.11 bits per heavy atom. The number of halogens is 2. The Kier molecular flexibility index (Phi) is 7.53. The zero-order valence-corrected chi connectivity index (χ0v) is 16.3. The summed E-state index contributed by atoms with van der Waals surface area (Å²) in [5, 5.41) is 17.3. The van der Waals surface area contributed by atoms with Crippen molar-refractivity contribution >= 4 is 46.2 Å².